The summed E-state index contributed by atoms with van der Waals surface area (Å²) in [6.07, 6.45) is 0.143. The molecule has 166 valence electrons. The molecule has 3 N–H and O–H groups in total. The molecular formula is C25H25Cl2N3O2. The minimum Gasteiger partial charge on any atom is -0.353 e. The summed E-state index contributed by atoms with van der Waals surface area (Å²) in [7, 11) is 0. The summed E-state index contributed by atoms with van der Waals surface area (Å²) in [5.41, 5.74) is 2.83. The molecule has 0 aliphatic heterocycles. The van der Waals surface area contributed by atoms with E-state index in [0.29, 0.717) is 27.1 Å². The van der Waals surface area contributed by atoms with Gasteiger partial charge in [-0.25, -0.2) is 0 Å². The van der Waals surface area contributed by atoms with Crippen molar-refractivity contribution in [2.75, 3.05) is 16.0 Å². The van der Waals surface area contributed by atoms with Crippen LogP contribution in [0.2, 0.25) is 10.0 Å². The van der Waals surface area contributed by atoms with E-state index in [2.05, 4.69) is 16.0 Å². The molecule has 5 nitrogen and oxygen atoms in total. The first-order valence-corrected chi connectivity index (χ1v) is 10.9. The van der Waals surface area contributed by atoms with Gasteiger partial charge in [0.1, 0.15) is 0 Å². The normalized spacial score (nSPS) is 11.0. The number of hydrogen-bond donors (Lipinski definition) is 3. The summed E-state index contributed by atoms with van der Waals surface area (Å²) in [5.74, 6) is -0.289. The fourth-order valence-corrected chi connectivity index (χ4v) is 3.41. The molecule has 0 aliphatic carbocycles. The van der Waals surface area contributed by atoms with E-state index >= 15 is 0 Å². The third-order valence-electron chi connectivity index (χ3n) is 4.68. The molecular weight excluding hydrogens is 445 g/mol. The first-order chi connectivity index (χ1) is 15.1. The van der Waals surface area contributed by atoms with Gasteiger partial charge in [0, 0.05) is 22.5 Å². The summed E-state index contributed by atoms with van der Waals surface area (Å²) in [5, 5.41) is 9.97. The van der Waals surface area contributed by atoms with Gasteiger partial charge >= 0.3 is 0 Å². The van der Waals surface area contributed by atoms with Crippen LogP contribution in [-0.2, 0) is 16.0 Å². The van der Waals surface area contributed by atoms with Crippen molar-refractivity contribution in [2.24, 2.45) is 5.41 Å². The smallest absolute Gasteiger partial charge is 0.229 e. The minimum absolute atomic E-state index is 0.0980. The predicted molar refractivity (Wildman–Crippen MR) is 133 cm³/mol. The molecule has 0 spiro atoms. The van der Waals surface area contributed by atoms with Crippen LogP contribution >= 0.6 is 23.2 Å². The van der Waals surface area contributed by atoms with Crippen LogP contribution in [0, 0.1) is 5.41 Å². The summed E-state index contributed by atoms with van der Waals surface area (Å²) < 4.78 is 0. The molecule has 0 fully saturated rings. The second kappa shape index (κ2) is 10.1. The summed E-state index contributed by atoms with van der Waals surface area (Å²) in [6, 6.07) is 19.8. The molecule has 0 unspecified atom stereocenters. The monoisotopic (exact) mass is 469 g/mol. The zero-order chi connectivity index (χ0) is 23.3. The lowest BCUT2D eigenvalue weighted by molar-refractivity contribution is -0.123. The van der Waals surface area contributed by atoms with Gasteiger partial charge in [0.2, 0.25) is 11.8 Å². The molecule has 0 heterocycles. The van der Waals surface area contributed by atoms with Gasteiger partial charge in [0.15, 0.2) is 0 Å². The largest absolute Gasteiger partial charge is 0.353 e. The van der Waals surface area contributed by atoms with E-state index in [1.165, 1.54) is 0 Å². The van der Waals surface area contributed by atoms with Crippen molar-refractivity contribution in [3.05, 3.63) is 82.3 Å². The molecule has 0 saturated carbocycles. The number of nitrogens with one attached hydrogen (secondary N) is 3. The Morgan fingerprint density at radius 3 is 2.06 bits per heavy atom. The lowest BCUT2D eigenvalue weighted by Crippen LogP contribution is -2.27. The number of benzene rings is 3. The van der Waals surface area contributed by atoms with E-state index in [9.17, 15) is 9.59 Å². The van der Waals surface area contributed by atoms with E-state index in [1.54, 1.807) is 42.5 Å². The van der Waals surface area contributed by atoms with E-state index in [-0.39, 0.29) is 18.2 Å². The Labute approximate surface area is 198 Å². The lowest BCUT2D eigenvalue weighted by Gasteiger charge is -2.18. The molecule has 0 radical (unpaired) electrons. The van der Waals surface area contributed by atoms with Crippen LogP contribution in [0.25, 0.3) is 0 Å². The van der Waals surface area contributed by atoms with Crippen molar-refractivity contribution >= 4 is 57.8 Å². The summed E-state index contributed by atoms with van der Waals surface area (Å²) in [6.45, 7) is 5.53. The predicted octanol–water partition coefficient (Wildman–Crippen LogP) is 6.90. The van der Waals surface area contributed by atoms with Gasteiger partial charge in [-0.2, -0.15) is 0 Å². The standard InChI is InChI=1S/C25H25Cl2N3O2/c1-25(2,3)24(32)29-18-10-6-9-17(15-18)28-22(31)14-16-8-4-5-13-21(16)30-23-19(26)11-7-12-20(23)27/h4-13,15,30H,14H2,1-3H3,(H,28,31)(H,29,32). The SMILES string of the molecule is CC(C)(C)C(=O)Nc1cccc(NC(=O)Cc2ccccc2Nc2c(Cl)cccc2Cl)c1. The minimum atomic E-state index is -0.513. The number of carbonyl (C=O) groups is 2. The topological polar surface area (TPSA) is 70.2 Å². The van der Waals surface area contributed by atoms with Crippen LogP contribution < -0.4 is 16.0 Å². The fraction of sp³-hybridized carbons (Fsp3) is 0.200. The Hall–Kier alpha value is -3.02. The van der Waals surface area contributed by atoms with Gasteiger partial charge in [0.25, 0.3) is 0 Å². The third kappa shape index (κ3) is 6.25. The molecule has 7 heteroatoms. The number of amides is 2. The van der Waals surface area contributed by atoms with Gasteiger partial charge in [-0.1, -0.05) is 74.3 Å². The zero-order valence-corrected chi connectivity index (χ0v) is 19.6. The number of hydrogen-bond acceptors (Lipinski definition) is 3. The van der Waals surface area contributed by atoms with E-state index in [4.69, 9.17) is 23.2 Å². The first-order valence-electron chi connectivity index (χ1n) is 10.1. The van der Waals surface area contributed by atoms with Crippen molar-refractivity contribution in [1.29, 1.82) is 0 Å². The maximum Gasteiger partial charge on any atom is 0.229 e. The van der Waals surface area contributed by atoms with Crippen molar-refractivity contribution in [3.63, 3.8) is 0 Å². The Kier molecular flexibility index (Phi) is 7.44. The van der Waals surface area contributed by atoms with Crippen molar-refractivity contribution in [2.45, 2.75) is 27.2 Å². The average Bonchev–Trinajstić information content (AvgIpc) is 2.71. The molecule has 3 aromatic carbocycles. The Morgan fingerprint density at radius 2 is 1.41 bits per heavy atom. The zero-order valence-electron chi connectivity index (χ0n) is 18.1. The van der Waals surface area contributed by atoms with Crippen LogP contribution in [0.4, 0.5) is 22.7 Å². The molecule has 3 rings (SSSR count). The van der Waals surface area contributed by atoms with E-state index < -0.39 is 5.41 Å². The highest BCUT2D eigenvalue weighted by Crippen LogP contribution is 2.33. The van der Waals surface area contributed by atoms with Gasteiger partial charge in [-0.15, -0.1) is 0 Å². The fourth-order valence-electron chi connectivity index (χ4n) is 2.92. The Morgan fingerprint density at radius 1 is 0.812 bits per heavy atom. The van der Waals surface area contributed by atoms with Crippen LogP contribution in [0.1, 0.15) is 26.3 Å². The summed E-state index contributed by atoms with van der Waals surface area (Å²) in [4.78, 5) is 25.0. The third-order valence-corrected chi connectivity index (χ3v) is 5.31. The molecule has 2 amide bonds. The highest BCUT2D eigenvalue weighted by atomic mass is 35.5. The van der Waals surface area contributed by atoms with E-state index in [1.807, 2.05) is 45.0 Å². The molecule has 3 aromatic rings. The van der Waals surface area contributed by atoms with Crippen LogP contribution in [0.3, 0.4) is 0 Å². The summed E-state index contributed by atoms with van der Waals surface area (Å²) >= 11 is 12.5. The quantitative estimate of drug-likeness (QED) is 0.367. The van der Waals surface area contributed by atoms with Crippen molar-refractivity contribution in [1.82, 2.24) is 0 Å². The van der Waals surface area contributed by atoms with Gasteiger partial charge in [0.05, 0.1) is 22.2 Å². The number of anilines is 4. The van der Waals surface area contributed by atoms with Gasteiger partial charge in [-0.05, 0) is 42.0 Å². The Balaban J connectivity index is 1.71. The number of rotatable bonds is 6. The highest BCUT2D eigenvalue weighted by Gasteiger charge is 2.21. The number of carbonyl (C=O) groups excluding carboxylic acids is 2. The second-order valence-corrected chi connectivity index (χ2v) is 9.20. The van der Waals surface area contributed by atoms with Gasteiger partial charge < -0.3 is 16.0 Å². The van der Waals surface area contributed by atoms with Crippen molar-refractivity contribution < 1.29 is 9.59 Å². The molecule has 0 saturated heterocycles. The molecule has 0 atom stereocenters. The number of halogens is 2. The van der Waals surface area contributed by atoms with Gasteiger partial charge in [-0.3, -0.25) is 9.59 Å². The van der Waals surface area contributed by atoms with Crippen LogP contribution in [-0.4, -0.2) is 11.8 Å². The van der Waals surface area contributed by atoms with E-state index in [0.717, 1.165) is 11.3 Å². The maximum absolute atomic E-state index is 12.7. The average molecular weight is 470 g/mol. The lowest BCUT2D eigenvalue weighted by atomic mass is 9.95. The molecule has 0 bridgehead atoms. The Bertz CT molecular complexity index is 1120. The molecule has 0 aromatic heterocycles. The van der Waals surface area contributed by atoms with Crippen LogP contribution in [0.5, 0.6) is 0 Å². The first kappa shape index (κ1) is 23.6. The molecule has 32 heavy (non-hydrogen) atoms. The maximum atomic E-state index is 12.7. The highest BCUT2D eigenvalue weighted by molar-refractivity contribution is 6.39. The van der Waals surface area contributed by atoms with Crippen molar-refractivity contribution in [3.8, 4) is 0 Å². The number of para-hydroxylation sites is 2. The molecule has 0 aliphatic rings. The van der Waals surface area contributed by atoms with Crippen LogP contribution in [0.15, 0.2) is 66.7 Å². The second-order valence-electron chi connectivity index (χ2n) is 8.39.